The molecular formula is C16H17N5. The molecular weight excluding hydrogens is 262 g/mol. The zero-order valence-electron chi connectivity index (χ0n) is 11.7. The monoisotopic (exact) mass is 279 g/mol. The van der Waals surface area contributed by atoms with E-state index in [2.05, 4.69) is 26.3 Å². The fraction of sp³-hybridized carbons (Fsp3) is 0.312. The van der Waals surface area contributed by atoms with Crippen LogP contribution < -0.4 is 10.2 Å². The maximum atomic E-state index is 8.89. The SMILES string of the molecule is N#Cc1ccc(N2CCCCC2Nc2ncccn2)cc1. The first-order valence-electron chi connectivity index (χ1n) is 7.17. The third kappa shape index (κ3) is 3.11. The smallest absolute Gasteiger partial charge is 0.224 e. The number of rotatable bonds is 3. The molecule has 3 rings (SSSR count). The van der Waals surface area contributed by atoms with Crippen molar-refractivity contribution in [3.05, 3.63) is 48.3 Å². The number of nitrogens with zero attached hydrogens (tertiary/aromatic N) is 4. The van der Waals surface area contributed by atoms with Gasteiger partial charge in [0.05, 0.1) is 11.6 Å². The maximum absolute atomic E-state index is 8.89. The van der Waals surface area contributed by atoms with Gasteiger partial charge < -0.3 is 10.2 Å². The molecule has 106 valence electrons. The Morgan fingerprint density at radius 3 is 2.62 bits per heavy atom. The molecule has 1 fully saturated rings. The Labute approximate surface area is 124 Å². The second-order valence-electron chi connectivity index (χ2n) is 5.08. The molecule has 1 atom stereocenters. The van der Waals surface area contributed by atoms with E-state index in [0.717, 1.165) is 18.7 Å². The molecule has 1 aliphatic rings. The highest BCUT2D eigenvalue weighted by molar-refractivity contribution is 5.52. The van der Waals surface area contributed by atoms with Gasteiger partial charge in [-0.3, -0.25) is 0 Å². The summed E-state index contributed by atoms with van der Waals surface area (Å²) in [7, 11) is 0. The van der Waals surface area contributed by atoms with Gasteiger partial charge in [-0.15, -0.1) is 0 Å². The van der Waals surface area contributed by atoms with E-state index in [9.17, 15) is 0 Å². The van der Waals surface area contributed by atoms with E-state index in [4.69, 9.17) is 5.26 Å². The first-order valence-corrected chi connectivity index (χ1v) is 7.17. The molecule has 5 heteroatoms. The molecule has 0 aliphatic carbocycles. The summed E-state index contributed by atoms with van der Waals surface area (Å²) in [6.45, 7) is 0.996. The molecule has 0 bridgehead atoms. The van der Waals surface area contributed by atoms with Gasteiger partial charge in [-0.2, -0.15) is 5.26 Å². The van der Waals surface area contributed by atoms with E-state index in [1.807, 2.05) is 30.3 Å². The molecule has 1 saturated heterocycles. The van der Waals surface area contributed by atoms with Crippen LogP contribution in [0, 0.1) is 11.3 Å². The molecule has 0 amide bonds. The molecule has 2 aromatic rings. The number of hydrogen-bond acceptors (Lipinski definition) is 5. The van der Waals surface area contributed by atoms with Crippen LogP contribution in [0.3, 0.4) is 0 Å². The van der Waals surface area contributed by atoms with Gasteiger partial charge in [0.25, 0.3) is 0 Å². The molecule has 1 N–H and O–H groups in total. The molecule has 0 saturated carbocycles. The van der Waals surface area contributed by atoms with Crippen LogP contribution in [0.15, 0.2) is 42.7 Å². The predicted octanol–water partition coefficient (Wildman–Crippen LogP) is 2.78. The molecule has 21 heavy (non-hydrogen) atoms. The Kier molecular flexibility index (Phi) is 3.97. The van der Waals surface area contributed by atoms with Crippen LogP contribution in [0.4, 0.5) is 11.6 Å². The lowest BCUT2D eigenvalue weighted by molar-refractivity contribution is 0.491. The standard InChI is InChI=1S/C16H17N5/c17-12-13-5-7-14(8-6-13)21-11-2-1-4-15(21)20-16-18-9-3-10-19-16/h3,5-10,15H,1-2,4,11H2,(H,18,19,20). The van der Waals surface area contributed by atoms with E-state index < -0.39 is 0 Å². The lowest BCUT2D eigenvalue weighted by atomic mass is 10.1. The van der Waals surface area contributed by atoms with Gasteiger partial charge in [-0.25, -0.2) is 9.97 Å². The minimum absolute atomic E-state index is 0.189. The molecule has 5 nitrogen and oxygen atoms in total. The molecule has 1 aromatic heterocycles. The minimum Gasteiger partial charge on any atom is -0.351 e. The average molecular weight is 279 g/mol. The van der Waals surface area contributed by atoms with Gasteiger partial charge in [0.2, 0.25) is 5.95 Å². The molecule has 1 unspecified atom stereocenters. The van der Waals surface area contributed by atoms with Crippen molar-refractivity contribution in [3.63, 3.8) is 0 Å². The summed E-state index contributed by atoms with van der Waals surface area (Å²) in [6.07, 6.45) is 7.09. The van der Waals surface area contributed by atoms with E-state index in [-0.39, 0.29) is 6.17 Å². The molecule has 0 spiro atoms. The van der Waals surface area contributed by atoms with Crippen molar-refractivity contribution < 1.29 is 0 Å². The lowest BCUT2D eigenvalue weighted by Crippen LogP contribution is -2.45. The minimum atomic E-state index is 0.189. The van der Waals surface area contributed by atoms with E-state index in [0.29, 0.717) is 11.5 Å². The first-order chi connectivity index (χ1) is 10.4. The fourth-order valence-electron chi connectivity index (χ4n) is 2.64. The van der Waals surface area contributed by atoms with Crippen molar-refractivity contribution in [2.75, 3.05) is 16.8 Å². The van der Waals surface area contributed by atoms with Crippen molar-refractivity contribution in [2.45, 2.75) is 25.4 Å². The summed E-state index contributed by atoms with van der Waals surface area (Å²) in [5.41, 5.74) is 1.81. The number of hydrogen-bond donors (Lipinski definition) is 1. The zero-order chi connectivity index (χ0) is 14.5. The summed E-state index contributed by atoms with van der Waals surface area (Å²) >= 11 is 0. The second-order valence-corrected chi connectivity index (χ2v) is 5.08. The van der Waals surface area contributed by atoms with Crippen LogP contribution in [0.2, 0.25) is 0 Å². The zero-order valence-corrected chi connectivity index (χ0v) is 11.7. The van der Waals surface area contributed by atoms with Crippen LogP contribution in [0.25, 0.3) is 0 Å². The Hall–Kier alpha value is -2.61. The van der Waals surface area contributed by atoms with Crippen molar-refractivity contribution in [1.82, 2.24) is 9.97 Å². The van der Waals surface area contributed by atoms with Crippen molar-refractivity contribution >= 4 is 11.6 Å². The van der Waals surface area contributed by atoms with Crippen molar-refractivity contribution in [2.24, 2.45) is 0 Å². The van der Waals surface area contributed by atoms with E-state index in [1.165, 1.54) is 12.8 Å². The molecule has 1 aromatic carbocycles. The van der Waals surface area contributed by atoms with Crippen molar-refractivity contribution in [1.29, 1.82) is 5.26 Å². The molecule has 2 heterocycles. The largest absolute Gasteiger partial charge is 0.351 e. The quantitative estimate of drug-likeness (QED) is 0.936. The van der Waals surface area contributed by atoms with Gasteiger partial charge in [0.1, 0.15) is 6.17 Å². The van der Waals surface area contributed by atoms with Gasteiger partial charge in [0, 0.05) is 24.6 Å². The Bertz CT molecular complexity index is 617. The van der Waals surface area contributed by atoms with E-state index in [1.54, 1.807) is 12.4 Å². The predicted molar refractivity (Wildman–Crippen MR) is 81.8 cm³/mol. The van der Waals surface area contributed by atoms with Crippen LogP contribution in [0.5, 0.6) is 0 Å². The Morgan fingerprint density at radius 2 is 1.90 bits per heavy atom. The number of piperidine rings is 1. The highest BCUT2D eigenvalue weighted by Crippen LogP contribution is 2.25. The summed E-state index contributed by atoms with van der Waals surface area (Å²) in [6, 6.07) is 11.7. The Morgan fingerprint density at radius 1 is 1.14 bits per heavy atom. The van der Waals surface area contributed by atoms with E-state index >= 15 is 0 Å². The van der Waals surface area contributed by atoms with Crippen LogP contribution in [-0.2, 0) is 0 Å². The number of anilines is 2. The van der Waals surface area contributed by atoms with Gasteiger partial charge >= 0.3 is 0 Å². The highest BCUT2D eigenvalue weighted by Gasteiger charge is 2.23. The van der Waals surface area contributed by atoms with Crippen LogP contribution >= 0.6 is 0 Å². The van der Waals surface area contributed by atoms with Crippen molar-refractivity contribution in [3.8, 4) is 6.07 Å². The number of aromatic nitrogens is 2. The number of benzene rings is 1. The highest BCUT2D eigenvalue weighted by atomic mass is 15.3. The van der Waals surface area contributed by atoms with Gasteiger partial charge in [-0.1, -0.05) is 0 Å². The summed E-state index contributed by atoms with van der Waals surface area (Å²) in [5.74, 6) is 0.656. The second kappa shape index (κ2) is 6.23. The third-order valence-corrected chi connectivity index (χ3v) is 3.69. The van der Waals surface area contributed by atoms with Gasteiger partial charge in [0.15, 0.2) is 0 Å². The third-order valence-electron chi connectivity index (χ3n) is 3.69. The molecule has 1 aliphatic heterocycles. The number of nitrogens with one attached hydrogen (secondary N) is 1. The summed E-state index contributed by atoms with van der Waals surface area (Å²) in [4.78, 5) is 10.8. The lowest BCUT2D eigenvalue weighted by Gasteiger charge is -2.37. The molecule has 0 radical (unpaired) electrons. The topological polar surface area (TPSA) is 64.8 Å². The normalized spacial score (nSPS) is 18.0. The summed E-state index contributed by atoms with van der Waals surface area (Å²) in [5, 5.41) is 12.3. The van der Waals surface area contributed by atoms with Crippen LogP contribution in [0.1, 0.15) is 24.8 Å². The number of nitriles is 1. The fourth-order valence-corrected chi connectivity index (χ4v) is 2.64. The average Bonchev–Trinajstić information content (AvgIpc) is 2.56. The van der Waals surface area contributed by atoms with Crippen LogP contribution in [-0.4, -0.2) is 22.7 Å². The van der Waals surface area contributed by atoms with Gasteiger partial charge in [-0.05, 0) is 49.6 Å². The first kappa shape index (κ1) is 13.4. The maximum Gasteiger partial charge on any atom is 0.224 e. The summed E-state index contributed by atoms with van der Waals surface area (Å²) < 4.78 is 0. The Balaban J connectivity index is 1.79.